The standard InChI is InChI=1S/C17H24N2O2S/c1-11(18-10-17(3,4)20)15-12(2)19-16(22-15)13-6-8-14(21-5)9-7-13/h6-9,11,18,20H,10H2,1-5H3. The van der Waals surface area contributed by atoms with Crippen LogP contribution in [0.4, 0.5) is 0 Å². The van der Waals surface area contributed by atoms with E-state index in [0.29, 0.717) is 6.54 Å². The molecule has 0 bridgehead atoms. The number of nitrogens with zero attached hydrogens (tertiary/aromatic N) is 1. The summed E-state index contributed by atoms with van der Waals surface area (Å²) >= 11 is 1.69. The van der Waals surface area contributed by atoms with Crippen LogP contribution in [-0.4, -0.2) is 29.3 Å². The van der Waals surface area contributed by atoms with E-state index in [1.165, 1.54) is 4.88 Å². The molecule has 2 aromatic rings. The zero-order valence-electron chi connectivity index (χ0n) is 13.8. The van der Waals surface area contributed by atoms with E-state index >= 15 is 0 Å². The second kappa shape index (κ2) is 6.77. The Hall–Kier alpha value is -1.43. The van der Waals surface area contributed by atoms with Crippen LogP contribution in [0.15, 0.2) is 24.3 Å². The molecular formula is C17H24N2O2S. The molecule has 0 spiro atoms. The van der Waals surface area contributed by atoms with E-state index < -0.39 is 5.60 Å². The molecule has 4 nitrogen and oxygen atoms in total. The van der Waals surface area contributed by atoms with Crippen LogP contribution in [0.25, 0.3) is 10.6 Å². The van der Waals surface area contributed by atoms with Crippen LogP contribution in [0.2, 0.25) is 0 Å². The fourth-order valence-electron chi connectivity index (χ4n) is 2.16. The molecule has 0 fully saturated rings. The maximum atomic E-state index is 9.83. The van der Waals surface area contributed by atoms with Crippen molar-refractivity contribution in [3.63, 3.8) is 0 Å². The molecular weight excluding hydrogens is 296 g/mol. The van der Waals surface area contributed by atoms with Gasteiger partial charge in [0.05, 0.1) is 18.4 Å². The summed E-state index contributed by atoms with van der Waals surface area (Å²) in [4.78, 5) is 5.88. The maximum absolute atomic E-state index is 9.83. The number of methoxy groups -OCH3 is 1. The fraction of sp³-hybridized carbons (Fsp3) is 0.471. The summed E-state index contributed by atoms with van der Waals surface area (Å²) in [6.07, 6.45) is 0. The van der Waals surface area contributed by atoms with Crippen LogP contribution in [-0.2, 0) is 0 Å². The molecule has 1 atom stereocenters. The second-order valence-electron chi connectivity index (χ2n) is 6.11. The van der Waals surface area contributed by atoms with Gasteiger partial charge in [-0.3, -0.25) is 0 Å². The summed E-state index contributed by atoms with van der Waals surface area (Å²) in [5.41, 5.74) is 1.41. The van der Waals surface area contributed by atoms with Gasteiger partial charge < -0.3 is 15.2 Å². The normalized spacial score (nSPS) is 13.2. The highest BCUT2D eigenvalue weighted by Crippen LogP contribution is 2.32. The summed E-state index contributed by atoms with van der Waals surface area (Å²) in [7, 11) is 1.66. The quantitative estimate of drug-likeness (QED) is 0.854. The fourth-order valence-corrected chi connectivity index (χ4v) is 3.26. The number of aryl methyl sites for hydroxylation is 1. The highest BCUT2D eigenvalue weighted by molar-refractivity contribution is 7.15. The first-order valence-corrected chi connectivity index (χ1v) is 8.19. The minimum Gasteiger partial charge on any atom is -0.497 e. The largest absolute Gasteiger partial charge is 0.497 e. The number of benzene rings is 1. The molecule has 0 saturated heterocycles. The minimum atomic E-state index is -0.717. The van der Waals surface area contributed by atoms with Gasteiger partial charge in [0.25, 0.3) is 0 Å². The van der Waals surface area contributed by atoms with E-state index in [9.17, 15) is 5.11 Å². The first-order chi connectivity index (χ1) is 10.3. The molecule has 0 radical (unpaired) electrons. The minimum absolute atomic E-state index is 0.163. The summed E-state index contributed by atoms with van der Waals surface area (Å²) < 4.78 is 5.19. The van der Waals surface area contributed by atoms with Crippen LogP contribution >= 0.6 is 11.3 Å². The van der Waals surface area contributed by atoms with E-state index in [2.05, 4.69) is 17.2 Å². The predicted octanol–water partition coefficient (Wildman–Crippen LogP) is 3.55. The molecule has 0 amide bonds. The lowest BCUT2D eigenvalue weighted by molar-refractivity contribution is 0.0771. The molecule has 0 aliphatic heterocycles. The zero-order chi connectivity index (χ0) is 16.3. The monoisotopic (exact) mass is 320 g/mol. The Labute approximate surface area is 136 Å². The molecule has 22 heavy (non-hydrogen) atoms. The lowest BCUT2D eigenvalue weighted by Crippen LogP contribution is -2.36. The molecule has 1 heterocycles. The van der Waals surface area contributed by atoms with Gasteiger partial charge in [-0.05, 0) is 52.0 Å². The van der Waals surface area contributed by atoms with Gasteiger partial charge >= 0.3 is 0 Å². The molecule has 0 aliphatic rings. The van der Waals surface area contributed by atoms with Crippen LogP contribution in [0.1, 0.15) is 37.4 Å². The van der Waals surface area contributed by atoms with Crippen molar-refractivity contribution < 1.29 is 9.84 Å². The topological polar surface area (TPSA) is 54.4 Å². The molecule has 1 aromatic heterocycles. The van der Waals surface area contributed by atoms with Gasteiger partial charge in [0.15, 0.2) is 0 Å². The Morgan fingerprint density at radius 3 is 2.50 bits per heavy atom. The van der Waals surface area contributed by atoms with Crippen molar-refractivity contribution in [2.45, 2.75) is 39.3 Å². The average Bonchev–Trinajstić information content (AvgIpc) is 2.86. The van der Waals surface area contributed by atoms with E-state index in [1.54, 1.807) is 32.3 Å². The van der Waals surface area contributed by atoms with Gasteiger partial charge in [0.2, 0.25) is 0 Å². The first-order valence-electron chi connectivity index (χ1n) is 7.37. The molecule has 0 aliphatic carbocycles. The summed E-state index contributed by atoms with van der Waals surface area (Å²) in [5.74, 6) is 0.845. The first kappa shape index (κ1) is 16.9. The Bertz CT molecular complexity index is 615. The molecule has 0 saturated carbocycles. The Balaban J connectivity index is 2.16. The van der Waals surface area contributed by atoms with Crippen molar-refractivity contribution >= 4 is 11.3 Å². The van der Waals surface area contributed by atoms with Gasteiger partial charge in [-0.25, -0.2) is 4.98 Å². The van der Waals surface area contributed by atoms with Crippen LogP contribution < -0.4 is 10.1 Å². The number of hydrogen-bond acceptors (Lipinski definition) is 5. The van der Waals surface area contributed by atoms with Gasteiger partial charge in [-0.15, -0.1) is 11.3 Å². The molecule has 1 unspecified atom stereocenters. The summed E-state index contributed by atoms with van der Waals surface area (Å²) in [5, 5.41) is 14.2. The van der Waals surface area contributed by atoms with E-state index in [1.807, 2.05) is 31.2 Å². The summed E-state index contributed by atoms with van der Waals surface area (Å²) in [6, 6.07) is 8.10. The third-order valence-electron chi connectivity index (χ3n) is 3.40. The number of thiazole rings is 1. The highest BCUT2D eigenvalue weighted by atomic mass is 32.1. The van der Waals surface area contributed by atoms with E-state index in [0.717, 1.165) is 22.0 Å². The van der Waals surface area contributed by atoms with Crippen molar-refractivity contribution in [2.75, 3.05) is 13.7 Å². The average molecular weight is 320 g/mol. The van der Waals surface area contributed by atoms with Crippen molar-refractivity contribution in [1.29, 1.82) is 0 Å². The van der Waals surface area contributed by atoms with Crippen molar-refractivity contribution in [3.05, 3.63) is 34.8 Å². The second-order valence-corrected chi connectivity index (χ2v) is 7.14. The SMILES string of the molecule is COc1ccc(-c2nc(C)c(C(C)NCC(C)(C)O)s2)cc1. The molecule has 1 aromatic carbocycles. The van der Waals surface area contributed by atoms with Gasteiger partial charge in [0.1, 0.15) is 10.8 Å². The Morgan fingerprint density at radius 1 is 1.32 bits per heavy atom. The lowest BCUT2D eigenvalue weighted by Gasteiger charge is -2.21. The van der Waals surface area contributed by atoms with Gasteiger partial charge in [-0.1, -0.05) is 0 Å². The molecule has 5 heteroatoms. The van der Waals surface area contributed by atoms with Crippen molar-refractivity contribution in [2.24, 2.45) is 0 Å². The Kier molecular flexibility index (Phi) is 5.21. The third-order valence-corrected chi connectivity index (χ3v) is 4.79. The Morgan fingerprint density at radius 2 is 1.95 bits per heavy atom. The molecule has 120 valence electrons. The number of rotatable bonds is 6. The highest BCUT2D eigenvalue weighted by Gasteiger charge is 2.18. The van der Waals surface area contributed by atoms with Crippen LogP contribution in [0.3, 0.4) is 0 Å². The number of ether oxygens (including phenoxy) is 1. The lowest BCUT2D eigenvalue weighted by atomic mass is 10.1. The molecule has 2 rings (SSSR count). The van der Waals surface area contributed by atoms with E-state index in [-0.39, 0.29) is 6.04 Å². The number of aromatic nitrogens is 1. The number of hydrogen-bond donors (Lipinski definition) is 2. The maximum Gasteiger partial charge on any atom is 0.123 e. The summed E-state index contributed by atoms with van der Waals surface area (Å²) in [6.45, 7) is 8.28. The van der Waals surface area contributed by atoms with Crippen molar-refractivity contribution in [1.82, 2.24) is 10.3 Å². The third kappa shape index (κ3) is 4.29. The number of nitrogens with one attached hydrogen (secondary N) is 1. The van der Waals surface area contributed by atoms with Gasteiger partial charge in [-0.2, -0.15) is 0 Å². The van der Waals surface area contributed by atoms with Crippen LogP contribution in [0, 0.1) is 6.92 Å². The number of aliphatic hydroxyl groups is 1. The zero-order valence-corrected chi connectivity index (χ0v) is 14.6. The van der Waals surface area contributed by atoms with Gasteiger partial charge in [0, 0.05) is 23.0 Å². The van der Waals surface area contributed by atoms with Crippen LogP contribution in [0.5, 0.6) is 5.75 Å². The van der Waals surface area contributed by atoms with E-state index in [4.69, 9.17) is 4.74 Å². The van der Waals surface area contributed by atoms with Crippen molar-refractivity contribution in [3.8, 4) is 16.3 Å². The smallest absolute Gasteiger partial charge is 0.123 e. The predicted molar refractivity (Wildman–Crippen MR) is 91.6 cm³/mol. The molecule has 2 N–H and O–H groups in total.